The molecule has 1 aromatic carbocycles. The van der Waals surface area contributed by atoms with Crippen molar-refractivity contribution in [1.82, 2.24) is 0 Å². The molecule has 2 nitrogen and oxygen atoms in total. The molecule has 0 unspecified atom stereocenters. The number of rotatable bonds is 1. The molecule has 1 aromatic rings. The maximum Gasteiger partial charge on any atom is 0.0840 e. The SMILES string of the molecule is CC(C)(C)c1cc(C(C)(C)O)ccc1N. The highest BCUT2D eigenvalue weighted by Gasteiger charge is 2.21. The van der Waals surface area contributed by atoms with E-state index in [1.807, 2.05) is 18.2 Å². The fourth-order valence-corrected chi connectivity index (χ4v) is 1.59. The van der Waals surface area contributed by atoms with E-state index < -0.39 is 5.60 Å². The van der Waals surface area contributed by atoms with Crippen molar-refractivity contribution in [3.63, 3.8) is 0 Å². The van der Waals surface area contributed by atoms with E-state index >= 15 is 0 Å². The second-order valence-corrected chi connectivity index (χ2v) is 5.61. The van der Waals surface area contributed by atoms with E-state index in [0.717, 1.165) is 16.8 Å². The molecular formula is C13H21NO. The predicted molar refractivity (Wildman–Crippen MR) is 64.8 cm³/mol. The van der Waals surface area contributed by atoms with Crippen LogP contribution in [0, 0.1) is 0 Å². The molecule has 1 rings (SSSR count). The third-order valence-corrected chi connectivity index (χ3v) is 2.57. The maximum absolute atomic E-state index is 9.93. The Morgan fingerprint density at radius 2 is 1.60 bits per heavy atom. The Morgan fingerprint density at radius 3 is 2.00 bits per heavy atom. The number of benzene rings is 1. The smallest absolute Gasteiger partial charge is 0.0840 e. The molecule has 15 heavy (non-hydrogen) atoms. The summed E-state index contributed by atoms with van der Waals surface area (Å²) in [7, 11) is 0. The lowest BCUT2D eigenvalue weighted by atomic mass is 9.83. The van der Waals surface area contributed by atoms with Gasteiger partial charge in [0.1, 0.15) is 0 Å². The zero-order chi connectivity index (χ0) is 11.9. The van der Waals surface area contributed by atoms with Gasteiger partial charge in [0.2, 0.25) is 0 Å². The van der Waals surface area contributed by atoms with Gasteiger partial charge in [0, 0.05) is 5.69 Å². The third-order valence-electron chi connectivity index (χ3n) is 2.57. The molecule has 84 valence electrons. The van der Waals surface area contributed by atoms with Crippen LogP contribution < -0.4 is 5.73 Å². The Balaban J connectivity index is 3.30. The summed E-state index contributed by atoms with van der Waals surface area (Å²) >= 11 is 0. The van der Waals surface area contributed by atoms with E-state index in [2.05, 4.69) is 20.8 Å². The maximum atomic E-state index is 9.93. The first kappa shape index (κ1) is 12.1. The number of hydrogen-bond donors (Lipinski definition) is 2. The van der Waals surface area contributed by atoms with Crippen molar-refractivity contribution >= 4 is 5.69 Å². The zero-order valence-electron chi connectivity index (χ0n) is 10.3. The van der Waals surface area contributed by atoms with Gasteiger partial charge < -0.3 is 10.8 Å². The highest BCUT2D eigenvalue weighted by molar-refractivity contribution is 5.52. The van der Waals surface area contributed by atoms with E-state index in [4.69, 9.17) is 5.73 Å². The second-order valence-electron chi connectivity index (χ2n) is 5.61. The average molecular weight is 207 g/mol. The Kier molecular flexibility index (Phi) is 2.83. The summed E-state index contributed by atoms with van der Waals surface area (Å²) in [5.41, 5.74) is 7.91. The van der Waals surface area contributed by atoms with Crippen LogP contribution >= 0.6 is 0 Å². The molecule has 0 saturated heterocycles. The fraction of sp³-hybridized carbons (Fsp3) is 0.538. The summed E-state index contributed by atoms with van der Waals surface area (Å²) in [6.07, 6.45) is 0. The molecule has 0 amide bonds. The number of nitrogens with two attached hydrogens (primary N) is 1. The van der Waals surface area contributed by atoms with Crippen LogP contribution in [0.2, 0.25) is 0 Å². The van der Waals surface area contributed by atoms with Gasteiger partial charge in [-0.05, 0) is 36.5 Å². The standard InChI is InChI=1S/C13H21NO/c1-12(2,3)10-8-9(13(4,5)15)6-7-11(10)14/h6-8,15H,14H2,1-5H3. The van der Waals surface area contributed by atoms with Gasteiger partial charge in [0.25, 0.3) is 0 Å². The largest absolute Gasteiger partial charge is 0.398 e. The molecule has 0 aliphatic carbocycles. The molecule has 3 N–H and O–H groups in total. The van der Waals surface area contributed by atoms with Crippen molar-refractivity contribution in [2.45, 2.75) is 45.6 Å². The molecule has 0 spiro atoms. The molecule has 2 heteroatoms. The van der Waals surface area contributed by atoms with Gasteiger partial charge in [-0.15, -0.1) is 0 Å². The van der Waals surface area contributed by atoms with Crippen LogP contribution in [-0.2, 0) is 11.0 Å². The van der Waals surface area contributed by atoms with Crippen LogP contribution in [0.1, 0.15) is 45.7 Å². The summed E-state index contributed by atoms with van der Waals surface area (Å²) in [4.78, 5) is 0. The third kappa shape index (κ3) is 2.72. The molecule has 0 aromatic heterocycles. The van der Waals surface area contributed by atoms with Gasteiger partial charge in [0.15, 0.2) is 0 Å². The lowest BCUT2D eigenvalue weighted by molar-refractivity contribution is 0.0785. The van der Waals surface area contributed by atoms with Crippen molar-refractivity contribution in [2.24, 2.45) is 0 Å². The van der Waals surface area contributed by atoms with Gasteiger partial charge in [-0.1, -0.05) is 32.9 Å². The molecule has 0 heterocycles. The van der Waals surface area contributed by atoms with E-state index in [9.17, 15) is 5.11 Å². The summed E-state index contributed by atoms with van der Waals surface area (Å²) in [6, 6.07) is 5.74. The van der Waals surface area contributed by atoms with Crippen LogP contribution in [0.15, 0.2) is 18.2 Å². The fourth-order valence-electron chi connectivity index (χ4n) is 1.59. The van der Waals surface area contributed by atoms with Gasteiger partial charge in [-0.3, -0.25) is 0 Å². The minimum atomic E-state index is -0.812. The molecule has 0 aliphatic heterocycles. The first-order chi connectivity index (χ1) is 6.62. The van der Waals surface area contributed by atoms with Crippen molar-refractivity contribution in [3.05, 3.63) is 29.3 Å². The van der Waals surface area contributed by atoms with Gasteiger partial charge in [-0.2, -0.15) is 0 Å². The molecule has 0 aliphatic rings. The summed E-state index contributed by atoms with van der Waals surface area (Å²) in [5, 5.41) is 9.93. The first-order valence-corrected chi connectivity index (χ1v) is 5.25. The van der Waals surface area contributed by atoms with Crippen molar-refractivity contribution in [3.8, 4) is 0 Å². The molecule has 0 bridgehead atoms. The minimum absolute atomic E-state index is 0.00530. The van der Waals surface area contributed by atoms with Crippen LogP contribution in [0.25, 0.3) is 0 Å². The van der Waals surface area contributed by atoms with Crippen LogP contribution in [0.3, 0.4) is 0 Å². The van der Waals surface area contributed by atoms with Crippen LogP contribution in [-0.4, -0.2) is 5.11 Å². The van der Waals surface area contributed by atoms with Gasteiger partial charge in [0.05, 0.1) is 5.60 Å². The zero-order valence-corrected chi connectivity index (χ0v) is 10.3. The summed E-state index contributed by atoms with van der Waals surface area (Å²) in [5.74, 6) is 0. The number of anilines is 1. The molecule has 0 fully saturated rings. The lowest BCUT2D eigenvalue weighted by Gasteiger charge is -2.25. The van der Waals surface area contributed by atoms with Gasteiger partial charge in [-0.25, -0.2) is 0 Å². The van der Waals surface area contributed by atoms with E-state index in [0.29, 0.717) is 0 Å². The van der Waals surface area contributed by atoms with Crippen LogP contribution in [0.4, 0.5) is 5.69 Å². The molecule has 0 atom stereocenters. The molecule has 0 saturated carbocycles. The normalized spacial score (nSPS) is 12.9. The minimum Gasteiger partial charge on any atom is -0.398 e. The van der Waals surface area contributed by atoms with E-state index in [-0.39, 0.29) is 5.41 Å². The monoisotopic (exact) mass is 207 g/mol. The topological polar surface area (TPSA) is 46.2 Å². The van der Waals surface area contributed by atoms with Crippen molar-refractivity contribution in [1.29, 1.82) is 0 Å². The number of nitrogen functional groups attached to an aromatic ring is 1. The van der Waals surface area contributed by atoms with Crippen LogP contribution in [0.5, 0.6) is 0 Å². The highest BCUT2D eigenvalue weighted by Crippen LogP contribution is 2.31. The average Bonchev–Trinajstić information content (AvgIpc) is 2.00. The Morgan fingerprint density at radius 1 is 1.07 bits per heavy atom. The summed E-state index contributed by atoms with van der Waals surface area (Å²) in [6.45, 7) is 9.92. The predicted octanol–water partition coefficient (Wildman–Crippen LogP) is 2.79. The first-order valence-electron chi connectivity index (χ1n) is 5.25. The van der Waals surface area contributed by atoms with Gasteiger partial charge >= 0.3 is 0 Å². The Hall–Kier alpha value is -1.02. The quantitative estimate of drug-likeness (QED) is 0.696. The second kappa shape index (κ2) is 3.53. The number of aliphatic hydroxyl groups is 1. The van der Waals surface area contributed by atoms with Crippen molar-refractivity contribution in [2.75, 3.05) is 5.73 Å². The van der Waals surface area contributed by atoms with Crippen molar-refractivity contribution < 1.29 is 5.11 Å². The lowest BCUT2D eigenvalue weighted by Crippen LogP contribution is -2.19. The molecule has 0 radical (unpaired) electrons. The highest BCUT2D eigenvalue weighted by atomic mass is 16.3. The number of hydrogen-bond acceptors (Lipinski definition) is 2. The molecular weight excluding hydrogens is 186 g/mol. The summed E-state index contributed by atoms with van der Waals surface area (Å²) < 4.78 is 0. The van der Waals surface area contributed by atoms with E-state index in [1.165, 1.54) is 0 Å². The van der Waals surface area contributed by atoms with E-state index in [1.54, 1.807) is 13.8 Å². The Bertz CT molecular complexity index is 356. The Labute approximate surface area is 92.1 Å².